The van der Waals surface area contributed by atoms with E-state index in [2.05, 4.69) is 11.8 Å². The predicted octanol–water partition coefficient (Wildman–Crippen LogP) is 5.05. The van der Waals surface area contributed by atoms with Crippen molar-refractivity contribution < 1.29 is 9.59 Å². The van der Waals surface area contributed by atoms with Crippen molar-refractivity contribution >= 4 is 40.6 Å². The van der Waals surface area contributed by atoms with Crippen LogP contribution in [-0.2, 0) is 16.0 Å². The molecule has 0 unspecified atom stereocenters. The maximum atomic E-state index is 13.4. The summed E-state index contributed by atoms with van der Waals surface area (Å²) in [6, 6.07) is 14.9. The van der Waals surface area contributed by atoms with Gasteiger partial charge in [-0.15, -0.1) is 0 Å². The molecule has 0 bridgehead atoms. The Balaban J connectivity index is 1.69. The average Bonchev–Trinajstić information content (AvgIpc) is 2.98. The van der Waals surface area contributed by atoms with Crippen molar-refractivity contribution in [1.82, 2.24) is 9.80 Å². The van der Waals surface area contributed by atoms with Crippen molar-refractivity contribution in [2.45, 2.75) is 26.2 Å². The van der Waals surface area contributed by atoms with E-state index in [0.29, 0.717) is 45.8 Å². The molecular weight excluding hydrogens is 419 g/mol. The van der Waals surface area contributed by atoms with Crippen LogP contribution in [-0.4, -0.2) is 41.2 Å². The zero-order valence-electron chi connectivity index (χ0n) is 16.9. The Morgan fingerprint density at radius 1 is 0.967 bits per heavy atom. The Bertz CT molecular complexity index is 996. The molecule has 0 radical (unpaired) electrons. The number of amides is 2. The normalized spacial score (nSPS) is 18.0. The van der Waals surface area contributed by atoms with Gasteiger partial charge in [-0.2, -0.15) is 0 Å². The summed E-state index contributed by atoms with van der Waals surface area (Å²) in [7, 11) is 0. The zero-order chi connectivity index (χ0) is 21.3. The number of imide groups is 1. The first-order valence-corrected chi connectivity index (χ1v) is 11.1. The molecule has 2 aliphatic heterocycles. The van der Waals surface area contributed by atoms with Gasteiger partial charge < -0.3 is 4.90 Å². The highest BCUT2D eigenvalue weighted by Gasteiger charge is 2.42. The average molecular weight is 443 g/mol. The van der Waals surface area contributed by atoms with Gasteiger partial charge in [-0.05, 0) is 42.9 Å². The Morgan fingerprint density at radius 3 is 2.33 bits per heavy atom. The largest absolute Gasteiger partial charge is 0.366 e. The molecule has 30 heavy (non-hydrogen) atoms. The van der Waals surface area contributed by atoms with E-state index in [-0.39, 0.29) is 11.8 Å². The first-order chi connectivity index (χ1) is 14.5. The molecule has 4 nitrogen and oxygen atoms in total. The summed E-state index contributed by atoms with van der Waals surface area (Å²) in [6.45, 7) is 4.08. The third kappa shape index (κ3) is 4.12. The van der Waals surface area contributed by atoms with Crippen LogP contribution in [0.5, 0.6) is 0 Å². The van der Waals surface area contributed by atoms with E-state index in [1.54, 1.807) is 18.2 Å². The van der Waals surface area contributed by atoms with Gasteiger partial charge in [0.1, 0.15) is 5.70 Å². The lowest BCUT2D eigenvalue weighted by Gasteiger charge is -2.32. The number of piperidine rings is 1. The molecule has 2 amide bonds. The Hall–Kier alpha value is -2.30. The minimum atomic E-state index is -0.284. The van der Waals surface area contributed by atoms with Crippen molar-refractivity contribution in [3.05, 3.63) is 75.4 Å². The number of hydrogen-bond acceptors (Lipinski definition) is 3. The Labute approximate surface area is 187 Å². The predicted molar refractivity (Wildman–Crippen MR) is 120 cm³/mol. The maximum absolute atomic E-state index is 13.4. The topological polar surface area (TPSA) is 40.6 Å². The molecule has 0 N–H and O–H groups in total. The molecule has 0 aromatic heterocycles. The second-order valence-corrected chi connectivity index (χ2v) is 8.86. The smallest absolute Gasteiger partial charge is 0.277 e. The Kier molecular flexibility index (Phi) is 6.16. The summed E-state index contributed by atoms with van der Waals surface area (Å²) in [6.07, 6.45) is 2.61. The lowest BCUT2D eigenvalue weighted by molar-refractivity contribution is -0.137. The fraction of sp³-hybridized carbons (Fsp3) is 0.333. The van der Waals surface area contributed by atoms with Gasteiger partial charge in [-0.3, -0.25) is 14.5 Å². The van der Waals surface area contributed by atoms with E-state index >= 15 is 0 Å². The standard InChI is InChI=1S/C24H24Cl2N2O2/c1-16-9-12-27(13-10-16)22-21(19-8-7-18(25)15-20(19)26)23(29)28(24(22)30)14-11-17-5-3-2-4-6-17/h2-8,15-16H,9-14H2,1H3. The number of rotatable bonds is 5. The van der Waals surface area contributed by atoms with Crippen LogP contribution < -0.4 is 0 Å². The van der Waals surface area contributed by atoms with Gasteiger partial charge in [0, 0.05) is 30.2 Å². The van der Waals surface area contributed by atoms with Crippen molar-refractivity contribution in [2.24, 2.45) is 5.92 Å². The number of halogens is 2. The number of carbonyl (C=O) groups excluding carboxylic acids is 2. The van der Waals surface area contributed by atoms with Gasteiger partial charge in [0.15, 0.2) is 0 Å². The summed E-state index contributed by atoms with van der Waals surface area (Å²) >= 11 is 12.5. The van der Waals surface area contributed by atoms with Gasteiger partial charge in [0.2, 0.25) is 0 Å². The fourth-order valence-corrected chi connectivity index (χ4v) is 4.62. The van der Waals surface area contributed by atoms with Gasteiger partial charge in [0.05, 0.1) is 10.6 Å². The molecule has 0 saturated carbocycles. The second kappa shape index (κ2) is 8.83. The van der Waals surface area contributed by atoms with Crippen LogP contribution in [0.4, 0.5) is 0 Å². The molecule has 2 heterocycles. The molecule has 0 aliphatic carbocycles. The molecule has 4 rings (SSSR count). The van der Waals surface area contributed by atoms with Crippen LogP contribution in [0.3, 0.4) is 0 Å². The maximum Gasteiger partial charge on any atom is 0.277 e. The highest BCUT2D eigenvalue weighted by Crippen LogP contribution is 2.37. The number of benzene rings is 2. The number of hydrogen-bond donors (Lipinski definition) is 0. The number of nitrogens with zero attached hydrogens (tertiary/aromatic N) is 2. The van der Waals surface area contributed by atoms with Crippen molar-refractivity contribution in [1.29, 1.82) is 0 Å². The number of likely N-dealkylation sites (tertiary alicyclic amines) is 1. The molecule has 0 atom stereocenters. The van der Waals surface area contributed by atoms with Crippen molar-refractivity contribution in [2.75, 3.05) is 19.6 Å². The van der Waals surface area contributed by atoms with E-state index in [1.807, 2.05) is 30.3 Å². The third-order valence-corrected chi connectivity index (χ3v) is 6.46. The molecule has 2 aromatic carbocycles. The van der Waals surface area contributed by atoms with Crippen LogP contribution in [0.15, 0.2) is 54.2 Å². The van der Waals surface area contributed by atoms with Crippen molar-refractivity contribution in [3.8, 4) is 0 Å². The molecule has 6 heteroatoms. The van der Waals surface area contributed by atoms with E-state index in [9.17, 15) is 9.59 Å². The third-order valence-electron chi connectivity index (χ3n) is 5.91. The van der Waals surface area contributed by atoms with E-state index in [1.165, 1.54) is 4.90 Å². The highest BCUT2D eigenvalue weighted by molar-refractivity contribution is 6.41. The lowest BCUT2D eigenvalue weighted by atomic mass is 9.97. The second-order valence-electron chi connectivity index (χ2n) is 8.01. The van der Waals surface area contributed by atoms with Crippen LogP contribution in [0, 0.1) is 5.92 Å². The number of carbonyl (C=O) groups is 2. The van der Waals surface area contributed by atoms with Crippen LogP contribution >= 0.6 is 23.2 Å². The SMILES string of the molecule is CC1CCN(C2=C(c3ccc(Cl)cc3Cl)C(=O)N(CCc3ccccc3)C2=O)CC1. The quantitative estimate of drug-likeness (QED) is 0.608. The molecule has 2 aromatic rings. The first-order valence-electron chi connectivity index (χ1n) is 10.3. The lowest BCUT2D eigenvalue weighted by Crippen LogP contribution is -2.39. The molecule has 156 valence electrons. The van der Waals surface area contributed by atoms with Crippen LogP contribution in [0.25, 0.3) is 5.57 Å². The van der Waals surface area contributed by atoms with Crippen molar-refractivity contribution in [3.63, 3.8) is 0 Å². The van der Waals surface area contributed by atoms with Gasteiger partial charge in [0.25, 0.3) is 11.8 Å². The Morgan fingerprint density at radius 2 is 1.67 bits per heavy atom. The van der Waals surface area contributed by atoms with E-state index in [4.69, 9.17) is 23.2 Å². The molecule has 2 aliphatic rings. The van der Waals surface area contributed by atoms with Gasteiger partial charge >= 0.3 is 0 Å². The summed E-state index contributed by atoms with van der Waals surface area (Å²) in [5.74, 6) is 0.103. The minimum Gasteiger partial charge on any atom is -0.366 e. The highest BCUT2D eigenvalue weighted by atomic mass is 35.5. The molecule has 1 fully saturated rings. The summed E-state index contributed by atoms with van der Waals surface area (Å²) < 4.78 is 0. The molecule has 0 spiro atoms. The summed E-state index contributed by atoms with van der Waals surface area (Å²) in [5, 5.41) is 0.877. The monoisotopic (exact) mass is 442 g/mol. The van der Waals surface area contributed by atoms with Crippen LogP contribution in [0.1, 0.15) is 30.9 Å². The molecular formula is C24H24Cl2N2O2. The van der Waals surface area contributed by atoms with Gasteiger partial charge in [-0.1, -0.05) is 66.5 Å². The zero-order valence-corrected chi connectivity index (χ0v) is 18.4. The van der Waals surface area contributed by atoms with Gasteiger partial charge in [-0.25, -0.2) is 0 Å². The van der Waals surface area contributed by atoms with E-state index < -0.39 is 0 Å². The van der Waals surface area contributed by atoms with E-state index in [0.717, 1.165) is 31.5 Å². The minimum absolute atomic E-state index is 0.230. The summed E-state index contributed by atoms with van der Waals surface area (Å²) in [5.41, 5.74) is 2.52. The first kappa shape index (κ1) is 21.0. The van der Waals surface area contributed by atoms with Crippen LogP contribution in [0.2, 0.25) is 10.0 Å². The fourth-order valence-electron chi connectivity index (χ4n) is 4.11. The molecule has 1 saturated heterocycles. The summed E-state index contributed by atoms with van der Waals surface area (Å²) in [4.78, 5) is 30.3.